The Labute approximate surface area is 132 Å². The van der Waals surface area contributed by atoms with E-state index in [2.05, 4.69) is 10.5 Å². The van der Waals surface area contributed by atoms with Crippen molar-refractivity contribution in [3.05, 3.63) is 71.2 Å². The number of aromatic nitrogens is 1. The summed E-state index contributed by atoms with van der Waals surface area (Å²) in [4.78, 5) is 12.3. The van der Waals surface area contributed by atoms with Crippen LogP contribution in [0, 0.1) is 19.7 Å². The van der Waals surface area contributed by atoms with Crippen molar-refractivity contribution < 1.29 is 13.7 Å². The van der Waals surface area contributed by atoms with Crippen molar-refractivity contribution in [2.45, 2.75) is 13.8 Å². The van der Waals surface area contributed by atoms with Crippen molar-refractivity contribution in [1.82, 2.24) is 5.16 Å². The van der Waals surface area contributed by atoms with Gasteiger partial charge in [0, 0.05) is 17.3 Å². The zero-order valence-corrected chi connectivity index (χ0v) is 12.8. The number of nitrogens with zero attached hydrogens (tertiary/aromatic N) is 1. The maximum absolute atomic E-state index is 12.9. The molecule has 23 heavy (non-hydrogen) atoms. The fraction of sp³-hybridized carbons (Fsp3) is 0.111. The zero-order chi connectivity index (χ0) is 16.4. The second-order valence-electron chi connectivity index (χ2n) is 5.36. The first-order valence-electron chi connectivity index (χ1n) is 7.14. The van der Waals surface area contributed by atoms with E-state index in [1.54, 1.807) is 12.1 Å². The second-order valence-corrected chi connectivity index (χ2v) is 5.36. The van der Waals surface area contributed by atoms with Gasteiger partial charge in [0.2, 0.25) is 0 Å². The molecule has 5 heteroatoms. The molecule has 0 unspecified atom stereocenters. The van der Waals surface area contributed by atoms with Gasteiger partial charge >= 0.3 is 0 Å². The van der Waals surface area contributed by atoms with Gasteiger partial charge in [-0.15, -0.1) is 0 Å². The Morgan fingerprint density at radius 2 is 1.83 bits per heavy atom. The molecular formula is C18H15FN2O2. The molecule has 2 aromatic carbocycles. The van der Waals surface area contributed by atoms with Crippen LogP contribution in [-0.4, -0.2) is 11.1 Å². The maximum Gasteiger partial charge on any atom is 0.277 e. The first kappa shape index (κ1) is 15.0. The van der Waals surface area contributed by atoms with Crippen LogP contribution in [0.2, 0.25) is 0 Å². The summed E-state index contributed by atoms with van der Waals surface area (Å²) in [5.41, 5.74) is 3.65. The van der Waals surface area contributed by atoms with E-state index < -0.39 is 0 Å². The van der Waals surface area contributed by atoms with Crippen molar-refractivity contribution in [2.24, 2.45) is 0 Å². The highest BCUT2D eigenvalue weighted by Crippen LogP contribution is 2.22. The zero-order valence-electron chi connectivity index (χ0n) is 12.8. The molecule has 3 rings (SSSR count). The molecule has 0 spiro atoms. The summed E-state index contributed by atoms with van der Waals surface area (Å²) in [6.07, 6.45) is 0. The lowest BCUT2D eigenvalue weighted by atomic mass is 10.1. The average molecular weight is 310 g/mol. The molecule has 1 aromatic heterocycles. The Morgan fingerprint density at radius 1 is 1.09 bits per heavy atom. The third-order valence-electron chi connectivity index (χ3n) is 3.50. The molecule has 0 fully saturated rings. The van der Waals surface area contributed by atoms with E-state index in [1.165, 1.54) is 18.2 Å². The standard InChI is InChI=1S/C18H15FN2O2/c1-11-3-8-15(12(2)9-11)20-18(22)16-10-17(23-21-16)13-4-6-14(19)7-5-13/h3-10H,1-2H3,(H,20,22). The summed E-state index contributed by atoms with van der Waals surface area (Å²) in [6, 6.07) is 13.1. The van der Waals surface area contributed by atoms with E-state index in [0.29, 0.717) is 11.3 Å². The van der Waals surface area contributed by atoms with Crippen LogP contribution in [0.3, 0.4) is 0 Å². The number of carbonyl (C=O) groups excluding carboxylic acids is 1. The summed E-state index contributed by atoms with van der Waals surface area (Å²) < 4.78 is 18.1. The van der Waals surface area contributed by atoms with E-state index in [1.807, 2.05) is 32.0 Å². The van der Waals surface area contributed by atoms with Crippen LogP contribution in [0.15, 0.2) is 53.1 Å². The lowest BCUT2D eigenvalue weighted by Crippen LogP contribution is -2.13. The normalized spacial score (nSPS) is 10.6. The summed E-state index contributed by atoms with van der Waals surface area (Å²) in [6.45, 7) is 3.92. The van der Waals surface area contributed by atoms with E-state index >= 15 is 0 Å². The largest absolute Gasteiger partial charge is 0.355 e. The monoisotopic (exact) mass is 310 g/mol. The minimum atomic E-state index is -0.353. The van der Waals surface area contributed by atoms with Gasteiger partial charge in [-0.1, -0.05) is 22.9 Å². The van der Waals surface area contributed by atoms with Crippen molar-refractivity contribution in [3.8, 4) is 11.3 Å². The number of amides is 1. The van der Waals surface area contributed by atoms with Gasteiger partial charge in [-0.2, -0.15) is 0 Å². The summed E-state index contributed by atoms with van der Waals surface area (Å²) in [5, 5.41) is 6.58. The molecule has 0 aliphatic heterocycles. The number of anilines is 1. The fourth-order valence-electron chi connectivity index (χ4n) is 2.27. The van der Waals surface area contributed by atoms with Gasteiger partial charge in [-0.25, -0.2) is 4.39 Å². The van der Waals surface area contributed by atoms with Gasteiger partial charge < -0.3 is 9.84 Å². The molecule has 0 radical (unpaired) electrons. The molecule has 0 bridgehead atoms. The molecule has 0 aliphatic rings. The van der Waals surface area contributed by atoms with Gasteiger partial charge in [0.05, 0.1) is 0 Å². The Bertz CT molecular complexity index is 854. The van der Waals surface area contributed by atoms with E-state index in [-0.39, 0.29) is 17.4 Å². The number of rotatable bonds is 3. The predicted molar refractivity (Wildman–Crippen MR) is 85.8 cm³/mol. The molecule has 1 N–H and O–H groups in total. The van der Waals surface area contributed by atoms with Crippen LogP contribution < -0.4 is 5.32 Å². The van der Waals surface area contributed by atoms with Crippen LogP contribution in [0.25, 0.3) is 11.3 Å². The first-order valence-corrected chi connectivity index (χ1v) is 7.14. The highest BCUT2D eigenvalue weighted by molar-refractivity contribution is 6.03. The Balaban J connectivity index is 1.79. The fourth-order valence-corrected chi connectivity index (χ4v) is 2.27. The van der Waals surface area contributed by atoms with Crippen LogP contribution in [0.1, 0.15) is 21.6 Å². The number of hydrogen-bond donors (Lipinski definition) is 1. The van der Waals surface area contributed by atoms with Crippen LogP contribution >= 0.6 is 0 Å². The van der Waals surface area contributed by atoms with Crippen molar-refractivity contribution in [1.29, 1.82) is 0 Å². The minimum Gasteiger partial charge on any atom is -0.355 e. The second kappa shape index (κ2) is 6.04. The van der Waals surface area contributed by atoms with Crippen molar-refractivity contribution in [2.75, 3.05) is 5.32 Å². The smallest absolute Gasteiger partial charge is 0.277 e. The molecule has 0 saturated heterocycles. The Morgan fingerprint density at radius 3 is 2.52 bits per heavy atom. The molecule has 116 valence electrons. The van der Waals surface area contributed by atoms with Crippen molar-refractivity contribution >= 4 is 11.6 Å². The lowest BCUT2D eigenvalue weighted by Gasteiger charge is -2.07. The van der Waals surface area contributed by atoms with Gasteiger partial charge in [0.1, 0.15) is 5.82 Å². The predicted octanol–water partition coefficient (Wildman–Crippen LogP) is 4.35. The summed E-state index contributed by atoms with van der Waals surface area (Å²) in [7, 11) is 0. The Hall–Kier alpha value is -2.95. The number of hydrogen-bond acceptors (Lipinski definition) is 3. The number of carbonyl (C=O) groups is 1. The van der Waals surface area contributed by atoms with E-state index in [0.717, 1.165) is 16.8 Å². The maximum atomic E-state index is 12.9. The molecule has 0 atom stereocenters. The molecule has 4 nitrogen and oxygen atoms in total. The molecule has 3 aromatic rings. The molecule has 1 heterocycles. The van der Waals surface area contributed by atoms with Crippen LogP contribution in [0.5, 0.6) is 0 Å². The van der Waals surface area contributed by atoms with Gasteiger partial charge in [0.25, 0.3) is 5.91 Å². The highest BCUT2D eigenvalue weighted by atomic mass is 19.1. The van der Waals surface area contributed by atoms with Crippen LogP contribution in [0.4, 0.5) is 10.1 Å². The van der Waals surface area contributed by atoms with Gasteiger partial charge in [-0.05, 0) is 49.7 Å². The summed E-state index contributed by atoms with van der Waals surface area (Å²) in [5.74, 6) is -0.272. The Kier molecular flexibility index (Phi) is 3.93. The van der Waals surface area contributed by atoms with E-state index in [4.69, 9.17) is 4.52 Å². The topological polar surface area (TPSA) is 55.1 Å². The van der Waals surface area contributed by atoms with Crippen molar-refractivity contribution in [3.63, 3.8) is 0 Å². The quantitative estimate of drug-likeness (QED) is 0.782. The molecule has 1 amide bonds. The van der Waals surface area contributed by atoms with E-state index in [9.17, 15) is 9.18 Å². The molecule has 0 saturated carbocycles. The molecular weight excluding hydrogens is 295 g/mol. The minimum absolute atomic E-state index is 0.171. The SMILES string of the molecule is Cc1ccc(NC(=O)c2cc(-c3ccc(F)cc3)on2)c(C)c1. The average Bonchev–Trinajstić information content (AvgIpc) is 3.01. The van der Waals surface area contributed by atoms with Gasteiger partial charge in [0.15, 0.2) is 11.5 Å². The lowest BCUT2D eigenvalue weighted by molar-refractivity contribution is 0.101. The third-order valence-corrected chi connectivity index (χ3v) is 3.50. The third kappa shape index (κ3) is 3.29. The number of nitrogens with one attached hydrogen (secondary N) is 1. The van der Waals surface area contributed by atoms with Crippen LogP contribution in [-0.2, 0) is 0 Å². The molecule has 0 aliphatic carbocycles. The number of benzene rings is 2. The number of aryl methyl sites for hydroxylation is 2. The first-order chi connectivity index (χ1) is 11.0. The number of halogens is 1. The van der Waals surface area contributed by atoms with Gasteiger partial charge in [-0.3, -0.25) is 4.79 Å². The summed E-state index contributed by atoms with van der Waals surface area (Å²) >= 11 is 0. The highest BCUT2D eigenvalue weighted by Gasteiger charge is 2.14.